The van der Waals surface area contributed by atoms with E-state index in [1.807, 2.05) is 11.0 Å². The molecule has 3 aliphatic rings. The first-order valence-electron chi connectivity index (χ1n) is 9.66. The van der Waals surface area contributed by atoms with E-state index in [-0.39, 0.29) is 18.6 Å². The first-order chi connectivity index (χ1) is 13.6. The lowest BCUT2D eigenvalue weighted by atomic mass is 10.2. The van der Waals surface area contributed by atoms with Crippen molar-refractivity contribution in [3.05, 3.63) is 28.8 Å². The Morgan fingerprint density at radius 2 is 1.96 bits per heavy atom. The van der Waals surface area contributed by atoms with Crippen molar-refractivity contribution < 1.29 is 19.1 Å². The number of ether oxygens (including phenoxy) is 2. The van der Waals surface area contributed by atoms with Gasteiger partial charge >= 0.3 is 0 Å². The summed E-state index contributed by atoms with van der Waals surface area (Å²) in [5.74, 6) is 1.25. The maximum atomic E-state index is 12.5. The summed E-state index contributed by atoms with van der Waals surface area (Å²) in [6.45, 7) is 3.79. The van der Waals surface area contributed by atoms with Gasteiger partial charge < -0.3 is 19.7 Å². The van der Waals surface area contributed by atoms with Crippen LogP contribution < -0.4 is 14.8 Å². The molecular formula is C20H24ClN3O4. The van der Waals surface area contributed by atoms with Crippen LogP contribution >= 0.6 is 11.6 Å². The van der Waals surface area contributed by atoms with Crippen molar-refractivity contribution in [3.8, 4) is 11.5 Å². The van der Waals surface area contributed by atoms with E-state index in [9.17, 15) is 9.59 Å². The van der Waals surface area contributed by atoms with Crippen LogP contribution in [-0.2, 0) is 9.59 Å². The predicted octanol–water partition coefficient (Wildman–Crippen LogP) is 1.89. The number of benzene rings is 1. The highest BCUT2D eigenvalue weighted by Crippen LogP contribution is 2.40. The van der Waals surface area contributed by atoms with Gasteiger partial charge in [0.25, 0.3) is 0 Å². The molecule has 7 nitrogen and oxygen atoms in total. The fourth-order valence-corrected chi connectivity index (χ4v) is 3.61. The first-order valence-corrected chi connectivity index (χ1v) is 10.0. The smallest absolute Gasteiger partial charge is 0.246 e. The van der Waals surface area contributed by atoms with E-state index in [1.54, 1.807) is 18.2 Å². The number of halogens is 1. The third-order valence-corrected chi connectivity index (χ3v) is 5.43. The fraction of sp³-hybridized carbons (Fsp3) is 0.500. The number of hydrogen-bond donors (Lipinski definition) is 1. The molecule has 8 heteroatoms. The Kier molecular flexibility index (Phi) is 5.73. The van der Waals surface area contributed by atoms with Gasteiger partial charge in [0.1, 0.15) is 0 Å². The van der Waals surface area contributed by atoms with E-state index < -0.39 is 0 Å². The lowest BCUT2D eigenvalue weighted by molar-refractivity contribution is -0.128. The molecule has 0 aromatic heterocycles. The van der Waals surface area contributed by atoms with Crippen LogP contribution in [0.3, 0.4) is 0 Å². The molecule has 28 heavy (non-hydrogen) atoms. The second kappa shape index (κ2) is 8.41. The number of carbonyl (C=O) groups excluding carboxylic acids is 2. The largest absolute Gasteiger partial charge is 0.454 e. The van der Waals surface area contributed by atoms with Crippen LogP contribution in [0.5, 0.6) is 11.5 Å². The summed E-state index contributed by atoms with van der Waals surface area (Å²) in [5, 5.41) is 3.48. The monoisotopic (exact) mass is 405 g/mol. The molecule has 0 bridgehead atoms. The summed E-state index contributed by atoms with van der Waals surface area (Å²) in [4.78, 5) is 28.3. The van der Waals surface area contributed by atoms with Gasteiger partial charge in [0.2, 0.25) is 18.6 Å². The Balaban J connectivity index is 1.23. The lowest BCUT2D eigenvalue weighted by Gasteiger charge is -2.34. The van der Waals surface area contributed by atoms with Gasteiger partial charge in [-0.1, -0.05) is 11.6 Å². The highest BCUT2D eigenvalue weighted by molar-refractivity contribution is 6.32. The number of rotatable bonds is 6. The normalized spacial score (nSPS) is 19.2. The number of hydrogen-bond acceptors (Lipinski definition) is 5. The molecule has 2 aliphatic heterocycles. The molecule has 1 N–H and O–H groups in total. The molecular weight excluding hydrogens is 382 g/mol. The van der Waals surface area contributed by atoms with E-state index in [1.165, 1.54) is 0 Å². The Morgan fingerprint density at radius 1 is 1.18 bits per heavy atom. The number of nitrogens with one attached hydrogen (secondary N) is 1. The minimum absolute atomic E-state index is 0.0279. The maximum absolute atomic E-state index is 12.5. The van der Waals surface area contributed by atoms with Crippen LogP contribution in [0, 0.1) is 0 Å². The van der Waals surface area contributed by atoms with Crippen LogP contribution in [0.25, 0.3) is 6.08 Å². The van der Waals surface area contributed by atoms with E-state index in [2.05, 4.69) is 10.2 Å². The molecule has 0 radical (unpaired) electrons. The molecule has 1 aromatic carbocycles. The van der Waals surface area contributed by atoms with E-state index >= 15 is 0 Å². The zero-order valence-corrected chi connectivity index (χ0v) is 16.4. The average molecular weight is 406 g/mol. The SMILES string of the molecule is O=C(CCN1CCN(C(=O)/C=C/c2cc(Cl)c3c(c2)OCO3)CC1)NC1CC1. The van der Waals surface area contributed by atoms with Gasteiger partial charge in [0.15, 0.2) is 11.5 Å². The van der Waals surface area contributed by atoms with Crippen molar-refractivity contribution in [1.82, 2.24) is 15.1 Å². The van der Waals surface area contributed by atoms with Gasteiger partial charge in [-0.05, 0) is 36.6 Å². The third-order valence-electron chi connectivity index (χ3n) is 5.15. The second-order valence-electron chi connectivity index (χ2n) is 7.33. The summed E-state index contributed by atoms with van der Waals surface area (Å²) in [5.41, 5.74) is 0.794. The lowest BCUT2D eigenvalue weighted by Crippen LogP contribution is -2.48. The Morgan fingerprint density at radius 3 is 2.71 bits per heavy atom. The molecule has 2 amide bonds. The Hall–Kier alpha value is -2.25. The summed E-state index contributed by atoms with van der Waals surface area (Å²) >= 11 is 6.17. The van der Waals surface area contributed by atoms with Gasteiger partial charge in [-0.3, -0.25) is 14.5 Å². The highest BCUT2D eigenvalue weighted by Gasteiger charge is 2.24. The van der Waals surface area contributed by atoms with Crippen LogP contribution in [-0.4, -0.2) is 67.2 Å². The Bertz CT molecular complexity index is 786. The summed E-state index contributed by atoms with van der Waals surface area (Å²) in [6, 6.07) is 3.97. The summed E-state index contributed by atoms with van der Waals surface area (Å²) in [7, 11) is 0. The standard InChI is InChI=1S/C20H24ClN3O4/c21-16-11-14(12-17-20(16)28-13-27-17)1-4-19(26)24-9-7-23(8-10-24)6-5-18(25)22-15-2-3-15/h1,4,11-12,15H,2-3,5-10,13H2,(H,22,25)/b4-1+. The van der Waals surface area contributed by atoms with Gasteiger partial charge in [-0.25, -0.2) is 0 Å². The average Bonchev–Trinajstić information content (AvgIpc) is 3.37. The fourth-order valence-electron chi connectivity index (χ4n) is 3.34. The molecule has 2 heterocycles. The second-order valence-corrected chi connectivity index (χ2v) is 7.74. The number of piperazine rings is 1. The molecule has 0 atom stereocenters. The predicted molar refractivity (Wildman–Crippen MR) is 105 cm³/mol. The van der Waals surface area contributed by atoms with Crippen molar-refractivity contribution in [2.24, 2.45) is 0 Å². The minimum Gasteiger partial charge on any atom is -0.454 e. The van der Waals surface area contributed by atoms with Gasteiger partial charge in [-0.15, -0.1) is 0 Å². The van der Waals surface area contributed by atoms with Gasteiger partial charge in [0, 0.05) is 51.3 Å². The van der Waals surface area contributed by atoms with E-state index in [0.717, 1.165) is 38.0 Å². The summed E-state index contributed by atoms with van der Waals surface area (Å²) < 4.78 is 10.6. The Labute approximate surface area is 169 Å². The molecule has 1 aromatic rings. The number of nitrogens with zero attached hydrogens (tertiary/aromatic N) is 2. The number of amides is 2. The summed E-state index contributed by atoms with van der Waals surface area (Å²) in [6.07, 6.45) is 6.05. The molecule has 4 rings (SSSR count). The number of fused-ring (bicyclic) bond motifs is 1. The molecule has 1 saturated carbocycles. The molecule has 0 spiro atoms. The molecule has 150 valence electrons. The first kappa shape index (κ1) is 19.1. The van der Waals surface area contributed by atoms with Crippen LogP contribution in [0.4, 0.5) is 0 Å². The van der Waals surface area contributed by atoms with Crippen molar-refractivity contribution in [3.63, 3.8) is 0 Å². The van der Waals surface area contributed by atoms with E-state index in [0.29, 0.717) is 42.1 Å². The van der Waals surface area contributed by atoms with Crippen molar-refractivity contribution >= 4 is 29.5 Å². The third kappa shape index (κ3) is 4.77. The van der Waals surface area contributed by atoms with Crippen LogP contribution in [0.15, 0.2) is 18.2 Å². The van der Waals surface area contributed by atoms with Crippen LogP contribution in [0.2, 0.25) is 5.02 Å². The topological polar surface area (TPSA) is 71.1 Å². The highest BCUT2D eigenvalue weighted by atomic mass is 35.5. The zero-order valence-electron chi connectivity index (χ0n) is 15.7. The molecule has 2 fully saturated rings. The minimum atomic E-state index is -0.0279. The quantitative estimate of drug-likeness (QED) is 0.732. The maximum Gasteiger partial charge on any atom is 0.246 e. The van der Waals surface area contributed by atoms with Crippen molar-refractivity contribution in [2.45, 2.75) is 25.3 Å². The van der Waals surface area contributed by atoms with Crippen molar-refractivity contribution in [1.29, 1.82) is 0 Å². The zero-order chi connectivity index (χ0) is 19.5. The van der Waals surface area contributed by atoms with Crippen LogP contribution in [0.1, 0.15) is 24.8 Å². The molecule has 1 aliphatic carbocycles. The van der Waals surface area contributed by atoms with E-state index in [4.69, 9.17) is 21.1 Å². The van der Waals surface area contributed by atoms with Gasteiger partial charge in [0.05, 0.1) is 5.02 Å². The molecule has 0 unspecified atom stereocenters. The molecule has 1 saturated heterocycles. The number of carbonyl (C=O) groups is 2. The van der Waals surface area contributed by atoms with Gasteiger partial charge in [-0.2, -0.15) is 0 Å². The van der Waals surface area contributed by atoms with Crippen molar-refractivity contribution in [2.75, 3.05) is 39.5 Å².